The Balaban J connectivity index is 0.000000586. The third-order valence-electron chi connectivity index (χ3n) is 5.22. The number of fused-ring (bicyclic) bond motifs is 1. The molecule has 0 saturated carbocycles. The van der Waals surface area contributed by atoms with Crippen molar-refractivity contribution in [1.29, 1.82) is 0 Å². The van der Waals surface area contributed by atoms with E-state index in [0.717, 1.165) is 50.8 Å². The largest absolute Gasteiger partial charge is 0.466 e. The molecule has 0 spiro atoms. The van der Waals surface area contributed by atoms with Crippen LogP contribution < -0.4 is 5.73 Å². The third kappa shape index (κ3) is 6.90. The Kier molecular flexibility index (Phi) is 7.51. The van der Waals surface area contributed by atoms with Gasteiger partial charge in [0.25, 0.3) is 0 Å². The molecule has 0 radical (unpaired) electrons. The maximum Gasteiger partial charge on any atom is 0.466 e. The Labute approximate surface area is 211 Å². The summed E-state index contributed by atoms with van der Waals surface area (Å²) in [4.78, 5) is 54.9. The number of carbonyl (C=O) groups excluding carboxylic acids is 1. The van der Waals surface area contributed by atoms with Crippen LogP contribution in [0.2, 0.25) is 0 Å². The van der Waals surface area contributed by atoms with E-state index in [2.05, 4.69) is 19.9 Å². The van der Waals surface area contributed by atoms with Crippen molar-refractivity contribution in [2.45, 2.75) is 13.3 Å². The molecule has 0 aliphatic carbocycles. The molecule has 12 heteroatoms. The molecular weight excluding hydrogens is 495 g/mol. The summed E-state index contributed by atoms with van der Waals surface area (Å²) >= 11 is 0. The van der Waals surface area contributed by atoms with E-state index in [0.29, 0.717) is 12.0 Å². The summed E-state index contributed by atoms with van der Waals surface area (Å²) in [5.41, 5.74) is 12.7. The molecule has 0 atom stereocenters. The number of aromatic nitrogens is 5. The molecule has 0 unspecified atom stereocenters. The smallest absolute Gasteiger partial charge is 0.366 e. The molecule has 37 heavy (non-hydrogen) atoms. The van der Waals surface area contributed by atoms with Crippen LogP contribution in [0.1, 0.15) is 27.4 Å². The molecule has 11 nitrogen and oxygen atoms in total. The maximum absolute atomic E-state index is 11.6. The molecule has 3 heterocycles. The van der Waals surface area contributed by atoms with Crippen molar-refractivity contribution in [2.24, 2.45) is 5.73 Å². The molecule has 0 aliphatic rings. The van der Waals surface area contributed by atoms with Crippen LogP contribution in [0.25, 0.3) is 33.7 Å². The number of aryl methyl sites for hydroxylation is 1. The van der Waals surface area contributed by atoms with Gasteiger partial charge in [-0.3, -0.25) is 19.7 Å². The molecule has 0 bridgehead atoms. The Hall–Kier alpha value is -4.28. The third-order valence-corrected chi connectivity index (χ3v) is 5.22. The predicted octanol–water partition coefficient (Wildman–Crippen LogP) is 3.15. The topological polar surface area (TPSA) is 188 Å². The summed E-state index contributed by atoms with van der Waals surface area (Å²) in [6.45, 7) is 1.96. The average Bonchev–Trinajstić information content (AvgIpc) is 3.26. The number of hydrogen-bond donors (Lipinski definition) is 5. The molecule has 0 saturated heterocycles. The van der Waals surface area contributed by atoms with Crippen molar-refractivity contribution in [2.75, 3.05) is 0 Å². The highest BCUT2D eigenvalue weighted by Crippen LogP contribution is 2.31. The zero-order valence-electron chi connectivity index (χ0n) is 19.6. The number of carbonyl (C=O) groups is 1. The van der Waals surface area contributed by atoms with Crippen molar-refractivity contribution in [1.82, 2.24) is 24.9 Å². The maximum atomic E-state index is 11.6. The molecule has 1 amide bonds. The van der Waals surface area contributed by atoms with Gasteiger partial charge in [-0.05, 0) is 48.9 Å². The predicted molar refractivity (Wildman–Crippen MR) is 137 cm³/mol. The Morgan fingerprint density at radius 3 is 2.35 bits per heavy atom. The zero-order chi connectivity index (χ0) is 26.6. The van der Waals surface area contributed by atoms with E-state index < -0.39 is 13.7 Å². The van der Waals surface area contributed by atoms with Gasteiger partial charge in [-0.2, -0.15) is 0 Å². The van der Waals surface area contributed by atoms with Crippen molar-refractivity contribution in [3.05, 3.63) is 95.7 Å². The van der Waals surface area contributed by atoms with E-state index in [1.807, 2.05) is 55.5 Å². The number of aromatic amines is 1. The molecule has 6 N–H and O–H groups in total. The number of hydrogen-bond acceptors (Lipinski definition) is 6. The normalized spacial score (nSPS) is 11.1. The minimum atomic E-state index is -4.64. The van der Waals surface area contributed by atoms with Crippen LogP contribution in [0.3, 0.4) is 0 Å². The second-order valence-corrected chi connectivity index (χ2v) is 9.11. The van der Waals surface area contributed by atoms with Gasteiger partial charge in [-0.25, -0.2) is 9.55 Å². The zero-order valence-corrected chi connectivity index (χ0v) is 20.5. The van der Waals surface area contributed by atoms with Crippen LogP contribution in [0.4, 0.5) is 0 Å². The highest BCUT2D eigenvalue weighted by Gasteiger charge is 2.17. The number of phosphoric acid groups is 1. The lowest BCUT2D eigenvalue weighted by atomic mass is 10.1. The number of nitrogens with zero attached hydrogens (tertiary/aromatic N) is 4. The van der Waals surface area contributed by atoms with Crippen molar-refractivity contribution < 1.29 is 24.0 Å². The number of imidazole rings is 1. The van der Waals surface area contributed by atoms with Crippen LogP contribution in [0, 0.1) is 6.92 Å². The summed E-state index contributed by atoms with van der Waals surface area (Å²) in [5, 5.41) is 0. The number of pyridine rings is 1. The van der Waals surface area contributed by atoms with E-state index in [4.69, 9.17) is 30.0 Å². The van der Waals surface area contributed by atoms with Gasteiger partial charge in [0.05, 0.1) is 28.1 Å². The molecule has 0 fully saturated rings. The van der Waals surface area contributed by atoms with E-state index in [9.17, 15) is 4.79 Å². The Morgan fingerprint density at radius 2 is 1.65 bits per heavy atom. The minimum absolute atomic E-state index is 0.450. The highest BCUT2D eigenvalue weighted by molar-refractivity contribution is 7.45. The van der Waals surface area contributed by atoms with Crippen LogP contribution >= 0.6 is 7.82 Å². The fraction of sp³-hybridized carbons (Fsp3) is 0.0800. The van der Waals surface area contributed by atoms with Crippen molar-refractivity contribution in [3.8, 4) is 22.6 Å². The first-order chi connectivity index (χ1) is 17.6. The van der Waals surface area contributed by atoms with Gasteiger partial charge in [-0.15, -0.1) is 0 Å². The average molecular weight is 518 g/mol. The first-order valence-electron chi connectivity index (χ1n) is 11.0. The fourth-order valence-corrected chi connectivity index (χ4v) is 3.72. The lowest BCUT2D eigenvalue weighted by Crippen LogP contribution is -2.11. The Bertz CT molecular complexity index is 1620. The van der Waals surface area contributed by atoms with Gasteiger partial charge in [-0.1, -0.05) is 24.3 Å². The molecule has 2 aromatic carbocycles. The summed E-state index contributed by atoms with van der Waals surface area (Å²) in [7, 11) is -4.64. The fourth-order valence-electron chi connectivity index (χ4n) is 3.72. The van der Waals surface area contributed by atoms with Crippen LogP contribution in [-0.4, -0.2) is 45.5 Å². The number of benzene rings is 2. The SMILES string of the molecule is Cc1cccc(-c2[nH]c(Cc3cccc(C(N)=O)c3)nc2-c2ccc3nccnc3c2)n1.O=P(O)(O)O. The second-order valence-electron chi connectivity index (χ2n) is 8.09. The van der Waals surface area contributed by atoms with Crippen LogP contribution in [0.15, 0.2) is 73.1 Å². The molecule has 0 aliphatic heterocycles. The minimum Gasteiger partial charge on any atom is -0.366 e. The van der Waals surface area contributed by atoms with Gasteiger partial charge in [0.15, 0.2) is 0 Å². The molecular formula is C25H23N6O5P. The van der Waals surface area contributed by atoms with Gasteiger partial charge >= 0.3 is 7.82 Å². The monoisotopic (exact) mass is 518 g/mol. The summed E-state index contributed by atoms with van der Waals surface area (Å²) in [6.07, 6.45) is 3.88. The summed E-state index contributed by atoms with van der Waals surface area (Å²) in [6, 6.07) is 19.1. The molecule has 188 valence electrons. The number of rotatable bonds is 5. The van der Waals surface area contributed by atoms with Crippen molar-refractivity contribution in [3.63, 3.8) is 0 Å². The lowest BCUT2D eigenvalue weighted by molar-refractivity contribution is 0.1000. The molecule has 5 aromatic rings. The van der Waals surface area contributed by atoms with E-state index in [1.165, 1.54) is 0 Å². The van der Waals surface area contributed by atoms with Crippen molar-refractivity contribution >= 4 is 24.8 Å². The number of amides is 1. The highest BCUT2D eigenvalue weighted by atomic mass is 31.2. The molecule has 5 rings (SSSR count). The van der Waals surface area contributed by atoms with Gasteiger partial charge in [0.1, 0.15) is 5.82 Å². The van der Waals surface area contributed by atoms with Crippen LogP contribution in [0.5, 0.6) is 0 Å². The van der Waals surface area contributed by atoms with E-state index in [1.54, 1.807) is 24.5 Å². The lowest BCUT2D eigenvalue weighted by Gasteiger charge is -2.04. The number of primary amides is 1. The van der Waals surface area contributed by atoms with Gasteiger partial charge in [0, 0.05) is 35.6 Å². The van der Waals surface area contributed by atoms with Gasteiger partial charge < -0.3 is 25.4 Å². The first kappa shape index (κ1) is 25.8. The summed E-state index contributed by atoms with van der Waals surface area (Å²) < 4.78 is 8.88. The standard InChI is InChI=1S/C25H20N6O.H3O4P/c1-15-4-2-7-20(29-15)24-23(17-8-9-19-21(14-17)28-11-10-27-19)30-22(31-24)13-16-5-3-6-18(12-16)25(26)32;1-5(2,3)4/h2-12,14H,13H2,1H3,(H2,26,32)(H,30,31);(H3,1,2,3,4). The Morgan fingerprint density at radius 1 is 0.946 bits per heavy atom. The molecule has 3 aromatic heterocycles. The summed E-state index contributed by atoms with van der Waals surface area (Å²) in [5.74, 6) is 0.313. The van der Waals surface area contributed by atoms with Gasteiger partial charge in [0.2, 0.25) is 5.91 Å². The van der Waals surface area contributed by atoms with Crippen LogP contribution in [-0.2, 0) is 11.0 Å². The number of nitrogens with two attached hydrogens (primary N) is 1. The van der Waals surface area contributed by atoms with E-state index in [-0.39, 0.29) is 0 Å². The van der Waals surface area contributed by atoms with E-state index >= 15 is 0 Å². The number of nitrogens with one attached hydrogen (secondary N) is 1. The first-order valence-corrected chi connectivity index (χ1v) is 12.5. The second kappa shape index (κ2) is 10.8. The number of H-pyrrole nitrogens is 1. The quantitative estimate of drug-likeness (QED) is 0.218.